The summed E-state index contributed by atoms with van der Waals surface area (Å²) < 4.78 is 0.905. The van der Waals surface area contributed by atoms with Crippen LogP contribution in [0.4, 0.5) is 0 Å². The molecular weight excluding hydrogens is 274 g/mol. The first-order valence-corrected chi connectivity index (χ1v) is 4.51. The summed E-state index contributed by atoms with van der Waals surface area (Å²) in [5.41, 5.74) is 1.66. The number of carbonyl (C=O) groups excluding carboxylic acids is 1. The van der Waals surface area contributed by atoms with Crippen molar-refractivity contribution in [3.05, 3.63) is 31.9 Å². The molecule has 0 radical (unpaired) electrons. The Morgan fingerprint density at radius 3 is 2.64 bits per heavy atom. The first kappa shape index (κ1) is 9.00. The Labute approximate surface area is 83.9 Å². The smallest absolute Gasteiger partial charge is 0.151 e. The van der Waals surface area contributed by atoms with Crippen molar-refractivity contribution in [1.29, 1.82) is 0 Å². The standard InChI is InChI=1S/C8H6ClIO/c1-5-2-6(9)3-8(10)7(5)4-11/h2-4H,1H3. The van der Waals surface area contributed by atoms with Crippen LogP contribution in [0.5, 0.6) is 0 Å². The van der Waals surface area contributed by atoms with Gasteiger partial charge in [0.1, 0.15) is 0 Å². The molecule has 0 N–H and O–H groups in total. The van der Waals surface area contributed by atoms with Crippen LogP contribution in [0.15, 0.2) is 12.1 Å². The summed E-state index contributed by atoms with van der Waals surface area (Å²) in [6, 6.07) is 3.56. The summed E-state index contributed by atoms with van der Waals surface area (Å²) in [5.74, 6) is 0. The van der Waals surface area contributed by atoms with Crippen molar-refractivity contribution >= 4 is 40.5 Å². The second-order valence-electron chi connectivity index (χ2n) is 2.24. The maximum absolute atomic E-state index is 10.5. The summed E-state index contributed by atoms with van der Waals surface area (Å²) >= 11 is 7.85. The van der Waals surface area contributed by atoms with Gasteiger partial charge in [0, 0.05) is 14.2 Å². The van der Waals surface area contributed by atoms with Gasteiger partial charge in [-0.1, -0.05) is 11.6 Å². The summed E-state index contributed by atoms with van der Waals surface area (Å²) in [4.78, 5) is 10.5. The molecule has 11 heavy (non-hydrogen) atoms. The Bertz CT molecular complexity index is 273. The Balaban J connectivity index is 3.36. The van der Waals surface area contributed by atoms with Gasteiger partial charge < -0.3 is 0 Å². The molecule has 0 aliphatic heterocycles. The van der Waals surface area contributed by atoms with Crippen LogP contribution in [0.2, 0.25) is 5.02 Å². The maximum Gasteiger partial charge on any atom is 0.151 e. The SMILES string of the molecule is Cc1cc(Cl)cc(I)c1C=O. The van der Waals surface area contributed by atoms with Crippen LogP contribution < -0.4 is 0 Å². The second-order valence-corrected chi connectivity index (χ2v) is 3.83. The van der Waals surface area contributed by atoms with Crippen LogP contribution >= 0.6 is 34.2 Å². The molecule has 0 spiro atoms. The van der Waals surface area contributed by atoms with Crippen LogP contribution in [-0.4, -0.2) is 6.29 Å². The molecule has 0 aromatic heterocycles. The minimum absolute atomic E-state index is 0.678. The van der Waals surface area contributed by atoms with Crippen LogP contribution in [0.1, 0.15) is 15.9 Å². The molecule has 0 fully saturated rings. The van der Waals surface area contributed by atoms with Crippen LogP contribution in [0, 0.1) is 10.5 Å². The predicted octanol–water partition coefficient (Wildman–Crippen LogP) is 3.07. The zero-order chi connectivity index (χ0) is 8.43. The van der Waals surface area contributed by atoms with E-state index in [1.807, 2.05) is 6.92 Å². The number of aryl methyl sites for hydroxylation is 1. The molecule has 0 unspecified atom stereocenters. The third kappa shape index (κ3) is 1.93. The lowest BCUT2D eigenvalue weighted by molar-refractivity contribution is 0.112. The van der Waals surface area contributed by atoms with E-state index >= 15 is 0 Å². The highest BCUT2D eigenvalue weighted by Crippen LogP contribution is 2.20. The van der Waals surface area contributed by atoms with E-state index in [0.717, 1.165) is 21.0 Å². The van der Waals surface area contributed by atoms with Gasteiger partial charge >= 0.3 is 0 Å². The summed E-state index contributed by atoms with van der Waals surface area (Å²) in [6.45, 7) is 1.87. The molecule has 0 heterocycles. The molecule has 0 amide bonds. The highest BCUT2D eigenvalue weighted by molar-refractivity contribution is 14.1. The zero-order valence-electron chi connectivity index (χ0n) is 5.90. The first-order valence-electron chi connectivity index (χ1n) is 3.06. The van der Waals surface area contributed by atoms with E-state index in [1.54, 1.807) is 12.1 Å². The molecule has 0 aliphatic carbocycles. The molecular formula is C8H6ClIO. The van der Waals surface area contributed by atoms with Crippen LogP contribution in [-0.2, 0) is 0 Å². The number of hydrogen-bond donors (Lipinski definition) is 0. The lowest BCUT2D eigenvalue weighted by atomic mass is 10.1. The Morgan fingerprint density at radius 1 is 1.55 bits per heavy atom. The van der Waals surface area contributed by atoms with Gasteiger partial charge in [-0.2, -0.15) is 0 Å². The zero-order valence-corrected chi connectivity index (χ0v) is 8.81. The monoisotopic (exact) mass is 280 g/mol. The molecule has 58 valence electrons. The van der Waals surface area contributed by atoms with Crippen LogP contribution in [0.25, 0.3) is 0 Å². The van der Waals surface area contributed by atoms with Gasteiger partial charge in [-0.05, 0) is 47.2 Å². The number of aldehydes is 1. The Morgan fingerprint density at radius 2 is 2.18 bits per heavy atom. The molecule has 3 heteroatoms. The fourth-order valence-electron chi connectivity index (χ4n) is 0.863. The van der Waals surface area contributed by atoms with Gasteiger partial charge in [0.15, 0.2) is 6.29 Å². The van der Waals surface area contributed by atoms with E-state index in [-0.39, 0.29) is 0 Å². The molecule has 1 aromatic carbocycles. The molecule has 1 rings (SSSR count). The van der Waals surface area contributed by atoms with E-state index in [1.165, 1.54) is 0 Å². The number of carbonyl (C=O) groups is 1. The van der Waals surface area contributed by atoms with Crippen molar-refractivity contribution in [1.82, 2.24) is 0 Å². The normalized spacial score (nSPS) is 9.73. The van der Waals surface area contributed by atoms with Crippen molar-refractivity contribution in [2.45, 2.75) is 6.92 Å². The summed E-state index contributed by atoms with van der Waals surface area (Å²) in [7, 11) is 0. The fourth-order valence-corrected chi connectivity index (χ4v) is 2.21. The van der Waals surface area contributed by atoms with E-state index in [4.69, 9.17) is 11.6 Å². The topological polar surface area (TPSA) is 17.1 Å². The lowest BCUT2D eigenvalue weighted by Gasteiger charge is -2.01. The Kier molecular flexibility index (Phi) is 2.90. The van der Waals surface area contributed by atoms with Gasteiger partial charge in [0.2, 0.25) is 0 Å². The molecule has 0 aliphatic rings. The van der Waals surface area contributed by atoms with Gasteiger partial charge in [-0.15, -0.1) is 0 Å². The highest BCUT2D eigenvalue weighted by atomic mass is 127. The van der Waals surface area contributed by atoms with Crippen molar-refractivity contribution in [2.24, 2.45) is 0 Å². The van der Waals surface area contributed by atoms with E-state index in [9.17, 15) is 4.79 Å². The number of hydrogen-bond acceptors (Lipinski definition) is 1. The number of benzene rings is 1. The second kappa shape index (κ2) is 3.54. The maximum atomic E-state index is 10.5. The van der Waals surface area contributed by atoms with Crippen LogP contribution in [0.3, 0.4) is 0 Å². The predicted molar refractivity (Wildman–Crippen MR) is 54.3 cm³/mol. The largest absolute Gasteiger partial charge is 0.298 e. The van der Waals surface area contributed by atoms with Crippen molar-refractivity contribution in [3.63, 3.8) is 0 Å². The summed E-state index contributed by atoms with van der Waals surface area (Å²) in [6.07, 6.45) is 0.855. The molecule has 1 nitrogen and oxygen atoms in total. The number of halogens is 2. The first-order chi connectivity index (χ1) is 5.15. The lowest BCUT2D eigenvalue weighted by Crippen LogP contribution is -1.90. The van der Waals surface area contributed by atoms with Gasteiger partial charge in [-0.25, -0.2) is 0 Å². The fraction of sp³-hybridized carbons (Fsp3) is 0.125. The van der Waals surface area contributed by atoms with Crippen molar-refractivity contribution in [3.8, 4) is 0 Å². The van der Waals surface area contributed by atoms with Crippen molar-refractivity contribution < 1.29 is 4.79 Å². The average Bonchev–Trinajstić information content (AvgIpc) is 1.85. The van der Waals surface area contributed by atoms with E-state index in [2.05, 4.69) is 22.6 Å². The van der Waals surface area contributed by atoms with E-state index in [0.29, 0.717) is 5.02 Å². The molecule has 0 saturated heterocycles. The summed E-state index contributed by atoms with van der Waals surface area (Å²) in [5, 5.41) is 0.678. The third-order valence-electron chi connectivity index (χ3n) is 1.42. The van der Waals surface area contributed by atoms with Crippen molar-refractivity contribution in [2.75, 3.05) is 0 Å². The van der Waals surface area contributed by atoms with E-state index < -0.39 is 0 Å². The quantitative estimate of drug-likeness (QED) is 0.571. The average molecular weight is 280 g/mol. The minimum Gasteiger partial charge on any atom is -0.298 e. The molecule has 0 bridgehead atoms. The Hall–Kier alpha value is -0.0900. The minimum atomic E-state index is 0.678. The molecule has 1 aromatic rings. The molecule has 0 atom stereocenters. The third-order valence-corrected chi connectivity index (χ3v) is 2.53. The van der Waals surface area contributed by atoms with Gasteiger partial charge in [0.25, 0.3) is 0 Å². The number of rotatable bonds is 1. The highest BCUT2D eigenvalue weighted by Gasteiger charge is 2.02. The molecule has 0 saturated carbocycles. The van der Waals surface area contributed by atoms with Gasteiger partial charge in [0.05, 0.1) is 0 Å². The van der Waals surface area contributed by atoms with Gasteiger partial charge in [-0.3, -0.25) is 4.79 Å².